The highest BCUT2D eigenvalue weighted by atomic mass is 16.3. The summed E-state index contributed by atoms with van der Waals surface area (Å²) in [5.41, 5.74) is 2.40. The molecule has 1 fully saturated rings. The van der Waals surface area contributed by atoms with Crippen molar-refractivity contribution in [3.05, 3.63) is 42.3 Å². The van der Waals surface area contributed by atoms with Crippen molar-refractivity contribution in [1.29, 1.82) is 0 Å². The number of rotatable bonds is 1. The van der Waals surface area contributed by atoms with Gasteiger partial charge < -0.3 is 9.32 Å². The lowest BCUT2D eigenvalue weighted by atomic mass is 9.84. The van der Waals surface area contributed by atoms with Crippen LogP contribution in [0, 0.1) is 5.92 Å². The topological polar surface area (TPSA) is 16.4 Å². The second kappa shape index (κ2) is 3.39. The van der Waals surface area contributed by atoms with Crippen molar-refractivity contribution in [2.24, 2.45) is 5.92 Å². The molecule has 2 aromatic rings. The lowest BCUT2D eigenvalue weighted by molar-refractivity contribution is 0.250. The summed E-state index contributed by atoms with van der Waals surface area (Å²) >= 11 is 0. The number of allylic oxidation sites excluding steroid dienone is 1. The van der Waals surface area contributed by atoms with Crippen LogP contribution in [0.25, 0.3) is 16.5 Å². The lowest BCUT2D eigenvalue weighted by Gasteiger charge is -2.38. The van der Waals surface area contributed by atoms with Gasteiger partial charge in [0.15, 0.2) is 0 Å². The Balaban J connectivity index is 1.84. The summed E-state index contributed by atoms with van der Waals surface area (Å²) in [5, 5.41) is 1.21. The summed E-state index contributed by atoms with van der Waals surface area (Å²) in [7, 11) is 0. The van der Waals surface area contributed by atoms with Crippen LogP contribution >= 0.6 is 0 Å². The van der Waals surface area contributed by atoms with Gasteiger partial charge in [-0.25, -0.2) is 0 Å². The molecule has 1 saturated heterocycles. The van der Waals surface area contributed by atoms with Crippen LogP contribution in [0.3, 0.4) is 0 Å². The minimum Gasteiger partial charge on any atom is -0.456 e. The fraction of sp³-hybridized carbons (Fsp3) is 0.333. The van der Waals surface area contributed by atoms with Crippen LogP contribution < -0.4 is 0 Å². The van der Waals surface area contributed by atoms with Gasteiger partial charge in [-0.3, -0.25) is 0 Å². The van der Waals surface area contributed by atoms with E-state index in [1.54, 1.807) is 0 Å². The van der Waals surface area contributed by atoms with Crippen molar-refractivity contribution in [3.63, 3.8) is 0 Å². The first kappa shape index (κ1) is 9.34. The van der Waals surface area contributed by atoms with Crippen molar-refractivity contribution in [3.8, 4) is 0 Å². The van der Waals surface area contributed by atoms with E-state index in [-0.39, 0.29) is 0 Å². The van der Waals surface area contributed by atoms with Crippen LogP contribution in [0.4, 0.5) is 0 Å². The normalized spacial score (nSPS) is 20.0. The molecule has 0 spiro atoms. The third-order valence-electron chi connectivity index (χ3n) is 4.00. The third kappa shape index (κ3) is 1.40. The highest BCUT2D eigenvalue weighted by Gasteiger charge is 2.29. The zero-order valence-corrected chi connectivity index (χ0v) is 9.73. The molecule has 1 aromatic heterocycles. The van der Waals surface area contributed by atoms with Gasteiger partial charge in [-0.05, 0) is 30.9 Å². The maximum atomic E-state index is 5.97. The maximum absolute atomic E-state index is 5.97. The first-order chi connectivity index (χ1) is 8.40. The Hall–Kier alpha value is -1.70. The van der Waals surface area contributed by atoms with E-state index in [9.17, 15) is 0 Å². The average Bonchev–Trinajstić information content (AvgIpc) is 2.83. The van der Waals surface area contributed by atoms with E-state index < -0.39 is 0 Å². The number of nitrogens with zero attached hydrogens (tertiary/aromatic N) is 1. The highest BCUT2D eigenvalue weighted by Crippen LogP contribution is 2.38. The van der Waals surface area contributed by atoms with E-state index >= 15 is 0 Å². The summed E-state index contributed by atoms with van der Waals surface area (Å²) in [5.74, 6) is 1.78. The van der Waals surface area contributed by atoms with Gasteiger partial charge in [-0.15, -0.1) is 0 Å². The van der Waals surface area contributed by atoms with E-state index in [1.165, 1.54) is 36.9 Å². The Kier molecular flexibility index (Phi) is 1.87. The fourth-order valence-electron chi connectivity index (χ4n) is 3.03. The molecule has 0 unspecified atom stereocenters. The summed E-state index contributed by atoms with van der Waals surface area (Å²) in [6, 6.07) is 10.4. The van der Waals surface area contributed by atoms with Crippen molar-refractivity contribution >= 4 is 16.5 Å². The Bertz CT molecular complexity index is 555. The molecule has 0 atom stereocenters. The van der Waals surface area contributed by atoms with Gasteiger partial charge in [0.1, 0.15) is 11.3 Å². The molecule has 0 amide bonds. The van der Waals surface area contributed by atoms with Crippen molar-refractivity contribution in [1.82, 2.24) is 4.90 Å². The van der Waals surface area contributed by atoms with E-state index in [2.05, 4.69) is 29.3 Å². The van der Waals surface area contributed by atoms with Crippen LogP contribution in [0.15, 0.2) is 40.9 Å². The standard InChI is InChI=1S/C15H15NO/c1-2-4-14-12(3-1)9-15(17-14)13-10-16-7-5-11(13)6-8-16/h1-4,9-11H,5-8H2. The zero-order chi connectivity index (χ0) is 11.2. The second-order valence-corrected chi connectivity index (χ2v) is 5.04. The molecule has 0 aliphatic carbocycles. The van der Waals surface area contributed by atoms with Crippen LogP contribution in [-0.2, 0) is 0 Å². The summed E-state index contributed by atoms with van der Waals surface area (Å²) in [6.45, 7) is 2.43. The van der Waals surface area contributed by atoms with Crippen LogP contribution in [-0.4, -0.2) is 18.0 Å². The van der Waals surface area contributed by atoms with Crippen molar-refractivity contribution in [2.75, 3.05) is 13.1 Å². The highest BCUT2D eigenvalue weighted by molar-refractivity contribution is 5.82. The quantitative estimate of drug-likeness (QED) is 0.738. The number of hydrogen-bond acceptors (Lipinski definition) is 2. The van der Waals surface area contributed by atoms with Gasteiger partial charge in [0.05, 0.1) is 0 Å². The molecule has 0 N–H and O–H groups in total. The molecule has 5 rings (SSSR count). The molecular formula is C15H15NO. The Morgan fingerprint density at radius 3 is 2.65 bits per heavy atom. The Morgan fingerprint density at radius 2 is 1.94 bits per heavy atom. The number of fused-ring (bicyclic) bond motifs is 3. The number of piperidine rings is 1. The van der Waals surface area contributed by atoms with Crippen LogP contribution in [0.5, 0.6) is 0 Å². The summed E-state index contributed by atoms with van der Waals surface area (Å²) in [6.07, 6.45) is 4.86. The molecule has 2 bridgehead atoms. The molecule has 2 nitrogen and oxygen atoms in total. The smallest absolute Gasteiger partial charge is 0.134 e. The van der Waals surface area contributed by atoms with Gasteiger partial charge in [-0.1, -0.05) is 18.2 Å². The predicted octanol–water partition coefficient (Wildman–Crippen LogP) is 3.50. The maximum Gasteiger partial charge on any atom is 0.134 e. The average molecular weight is 225 g/mol. The minimum absolute atomic E-state index is 0.709. The van der Waals surface area contributed by atoms with E-state index in [4.69, 9.17) is 4.42 Å². The fourth-order valence-corrected chi connectivity index (χ4v) is 3.03. The first-order valence-corrected chi connectivity index (χ1v) is 6.35. The number of benzene rings is 1. The summed E-state index contributed by atoms with van der Waals surface area (Å²) < 4.78 is 5.97. The first-order valence-electron chi connectivity index (χ1n) is 6.35. The number of furan rings is 1. The number of para-hydroxylation sites is 1. The minimum atomic E-state index is 0.709. The van der Waals surface area contributed by atoms with E-state index in [0.717, 1.165) is 11.3 Å². The molecule has 0 saturated carbocycles. The zero-order valence-electron chi connectivity index (χ0n) is 9.73. The van der Waals surface area contributed by atoms with E-state index in [0.29, 0.717) is 5.92 Å². The Morgan fingerprint density at radius 1 is 1.12 bits per heavy atom. The molecule has 2 heteroatoms. The van der Waals surface area contributed by atoms with Crippen LogP contribution in [0.1, 0.15) is 18.6 Å². The van der Waals surface area contributed by atoms with Gasteiger partial charge in [0.2, 0.25) is 0 Å². The van der Waals surface area contributed by atoms with E-state index in [1.807, 2.05) is 12.1 Å². The molecule has 3 aliphatic rings. The second-order valence-electron chi connectivity index (χ2n) is 5.04. The van der Waals surface area contributed by atoms with Crippen LogP contribution in [0.2, 0.25) is 0 Å². The van der Waals surface area contributed by atoms with Gasteiger partial charge in [0.25, 0.3) is 0 Å². The SMILES string of the molecule is C1=C(c2cc3ccccc3o2)C2CCN1CC2. The monoisotopic (exact) mass is 225 g/mol. The van der Waals surface area contributed by atoms with Gasteiger partial charge in [0, 0.05) is 30.2 Å². The predicted molar refractivity (Wildman–Crippen MR) is 68.5 cm³/mol. The lowest BCUT2D eigenvalue weighted by Crippen LogP contribution is -2.35. The van der Waals surface area contributed by atoms with Crippen molar-refractivity contribution in [2.45, 2.75) is 12.8 Å². The molecule has 3 aliphatic heterocycles. The van der Waals surface area contributed by atoms with Gasteiger partial charge in [-0.2, -0.15) is 0 Å². The molecule has 4 heterocycles. The molecular weight excluding hydrogens is 210 g/mol. The molecule has 0 radical (unpaired) electrons. The van der Waals surface area contributed by atoms with Gasteiger partial charge >= 0.3 is 0 Å². The third-order valence-corrected chi connectivity index (χ3v) is 4.00. The summed E-state index contributed by atoms with van der Waals surface area (Å²) in [4.78, 5) is 2.42. The molecule has 17 heavy (non-hydrogen) atoms. The van der Waals surface area contributed by atoms with Crippen molar-refractivity contribution < 1.29 is 4.42 Å². The number of hydrogen-bond donors (Lipinski definition) is 0. The largest absolute Gasteiger partial charge is 0.456 e. The molecule has 1 aromatic carbocycles. The Labute approximate surface area is 101 Å². The molecule has 86 valence electrons.